The lowest BCUT2D eigenvalue weighted by Gasteiger charge is -2.05. The molecular formula is C20H29N. The zero-order valence-corrected chi connectivity index (χ0v) is 13.5. The fourth-order valence-corrected chi connectivity index (χ4v) is 2.98. The molecule has 114 valence electrons. The summed E-state index contributed by atoms with van der Waals surface area (Å²) in [6.07, 6.45) is 15.5. The van der Waals surface area contributed by atoms with Crippen LogP contribution in [0, 0.1) is 0 Å². The van der Waals surface area contributed by atoms with Gasteiger partial charge in [0.05, 0.1) is 0 Å². The van der Waals surface area contributed by atoms with Crippen molar-refractivity contribution in [1.29, 1.82) is 0 Å². The largest absolute Gasteiger partial charge is 0.261 e. The summed E-state index contributed by atoms with van der Waals surface area (Å²) >= 11 is 0. The third-order valence-electron chi connectivity index (χ3n) is 4.27. The van der Waals surface area contributed by atoms with Crippen LogP contribution in [-0.4, -0.2) is 4.98 Å². The molecule has 1 aromatic heterocycles. The Labute approximate surface area is 129 Å². The highest BCUT2D eigenvalue weighted by molar-refractivity contribution is 5.84. The molecule has 0 amide bonds. The van der Waals surface area contributed by atoms with Crippen molar-refractivity contribution in [3.05, 3.63) is 42.2 Å². The lowest BCUT2D eigenvalue weighted by Crippen LogP contribution is -1.92. The summed E-state index contributed by atoms with van der Waals surface area (Å²) in [5.74, 6) is 0. The normalized spacial score (nSPS) is 11.1. The first-order valence-corrected chi connectivity index (χ1v) is 8.74. The molecule has 2 aromatic rings. The van der Waals surface area contributed by atoms with Crippen molar-refractivity contribution in [2.75, 3.05) is 0 Å². The summed E-state index contributed by atoms with van der Waals surface area (Å²) in [6, 6.07) is 10.7. The highest BCUT2D eigenvalue weighted by atomic mass is 14.7. The van der Waals surface area contributed by atoms with Gasteiger partial charge < -0.3 is 0 Å². The highest BCUT2D eigenvalue weighted by Crippen LogP contribution is 2.18. The first kappa shape index (κ1) is 16.0. The Kier molecular flexibility index (Phi) is 7.28. The Morgan fingerprint density at radius 2 is 1.43 bits per heavy atom. The fraction of sp³-hybridized carbons (Fsp3) is 0.550. The average molecular weight is 283 g/mol. The molecule has 0 saturated carbocycles. The summed E-state index contributed by atoms with van der Waals surface area (Å²) < 4.78 is 0. The van der Waals surface area contributed by atoms with E-state index >= 15 is 0 Å². The molecule has 0 spiro atoms. The van der Waals surface area contributed by atoms with E-state index in [4.69, 9.17) is 0 Å². The van der Waals surface area contributed by atoms with Crippen LogP contribution in [0.4, 0.5) is 0 Å². The van der Waals surface area contributed by atoms with Gasteiger partial charge in [-0.3, -0.25) is 4.98 Å². The monoisotopic (exact) mass is 283 g/mol. The van der Waals surface area contributed by atoms with Crippen LogP contribution in [0.25, 0.3) is 10.8 Å². The minimum absolute atomic E-state index is 1.12. The third-order valence-corrected chi connectivity index (χ3v) is 4.27. The van der Waals surface area contributed by atoms with Crippen molar-refractivity contribution in [3.8, 4) is 0 Å². The summed E-state index contributed by atoms with van der Waals surface area (Å²) in [5, 5.41) is 2.65. The van der Waals surface area contributed by atoms with Crippen molar-refractivity contribution >= 4 is 10.8 Å². The molecule has 0 radical (unpaired) electrons. The summed E-state index contributed by atoms with van der Waals surface area (Å²) in [7, 11) is 0. The zero-order valence-electron chi connectivity index (χ0n) is 13.5. The van der Waals surface area contributed by atoms with E-state index in [0.717, 1.165) is 6.42 Å². The number of nitrogens with zero attached hydrogens (tertiary/aromatic N) is 1. The van der Waals surface area contributed by atoms with Crippen LogP contribution in [0.1, 0.15) is 70.4 Å². The maximum absolute atomic E-state index is 4.57. The quantitative estimate of drug-likeness (QED) is 0.466. The molecule has 0 unspecified atom stereocenters. The molecular weight excluding hydrogens is 254 g/mol. The molecule has 21 heavy (non-hydrogen) atoms. The van der Waals surface area contributed by atoms with Crippen LogP contribution in [0.3, 0.4) is 0 Å². The minimum Gasteiger partial charge on any atom is -0.261 e. The number of hydrogen-bond donors (Lipinski definition) is 0. The van der Waals surface area contributed by atoms with Crippen molar-refractivity contribution in [1.82, 2.24) is 4.98 Å². The highest BCUT2D eigenvalue weighted by Gasteiger charge is 2.01. The standard InChI is InChI=1S/C20H29N/c1-2-3-4-5-6-7-8-9-10-15-20-19-14-12-11-13-18(19)16-17-21-20/h11-14,16-17H,2-10,15H2,1H3. The Morgan fingerprint density at radius 3 is 2.19 bits per heavy atom. The van der Waals surface area contributed by atoms with Gasteiger partial charge in [0.25, 0.3) is 0 Å². The van der Waals surface area contributed by atoms with Crippen LogP contribution in [0.15, 0.2) is 36.5 Å². The second-order valence-corrected chi connectivity index (χ2v) is 6.06. The maximum Gasteiger partial charge on any atom is 0.0481 e. The summed E-state index contributed by atoms with van der Waals surface area (Å²) in [5.41, 5.74) is 1.27. The van der Waals surface area contributed by atoms with Crippen LogP contribution in [0.5, 0.6) is 0 Å². The van der Waals surface area contributed by atoms with Crippen LogP contribution in [0.2, 0.25) is 0 Å². The van der Waals surface area contributed by atoms with Gasteiger partial charge in [-0.1, -0.05) is 82.6 Å². The molecule has 0 aliphatic heterocycles. The van der Waals surface area contributed by atoms with Gasteiger partial charge in [0.2, 0.25) is 0 Å². The SMILES string of the molecule is CCCCCCCCCCCc1nccc2ccccc12. The molecule has 1 heterocycles. The van der Waals surface area contributed by atoms with Gasteiger partial charge in [-0.15, -0.1) is 0 Å². The van der Waals surface area contributed by atoms with Crippen LogP contribution >= 0.6 is 0 Å². The predicted molar refractivity (Wildman–Crippen MR) is 92.7 cm³/mol. The molecule has 0 fully saturated rings. The van der Waals surface area contributed by atoms with Gasteiger partial charge in [-0.05, 0) is 24.3 Å². The van der Waals surface area contributed by atoms with Crippen molar-refractivity contribution in [2.24, 2.45) is 0 Å². The number of fused-ring (bicyclic) bond motifs is 1. The van der Waals surface area contributed by atoms with E-state index in [2.05, 4.69) is 42.2 Å². The molecule has 0 saturated heterocycles. The zero-order chi connectivity index (χ0) is 14.8. The molecule has 1 nitrogen and oxygen atoms in total. The number of rotatable bonds is 10. The summed E-state index contributed by atoms with van der Waals surface area (Å²) in [4.78, 5) is 4.57. The lowest BCUT2D eigenvalue weighted by molar-refractivity contribution is 0.564. The van der Waals surface area contributed by atoms with Gasteiger partial charge in [0, 0.05) is 17.3 Å². The molecule has 0 bridgehead atoms. The number of benzene rings is 1. The Bertz CT molecular complexity index is 513. The number of aromatic nitrogens is 1. The number of aryl methyl sites for hydroxylation is 1. The number of pyridine rings is 1. The van der Waals surface area contributed by atoms with E-state index in [1.807, 2.05) is 6.20 Å². The van der Waals surface area contributed by atoms with E-state index in [9.17, 15) is 0 Å². The Hall–Kier alpha value is -1.37. The van der Waals surface area contributed by atoms with Crippen molar-refractivity contribution in [3.63, 3.8) is 0 Å². The van der Waals surface area contributed by atoms with E-state index < -0.39 is 0 Å². The lowest BCUT2D eigenvalue weighted by atomic mass is 10.0. The average Bonchev–Trinajstić information content (AvgIpc) is 2.53. The van der Waals surface area contributed by atoms with Gasteiger partial charge in [0.1, 0.15) is 0 Å². The molecule has 0 atom stereocenters. The van der Waals surface area contributed by atoms with Gasteiger partial charge in [-0.2, -0.15) is 0 Å². The van der Waals surface area contributed by atoms with Gasteiger partial charge in [0.15, 0.2) is 0 Å². The maximum atomic E-state index is 4.57. The second kappa shape index (κ2) is 9.55. The fourth-order valence-electron chi connectivity index (χ4n) is 2.98. The molecule has 2 rings (SSSR count). The van der Waals surface area contributed by atoms with Crippen molar-refractivity contribution < 1.29 is 0 Å². The van der Waals surface area contributed by atoms with E-state index in [0.29, 0.717) is 0 Å². The Balaban J connectivity index is 1.64. The minimum atomic E-state index is 1.12. The first-order chi connectivity index (χ1) is 10.4. The topological polar surface area (TPSA) is 12.9 Å². The second-order valence-electron chi connectivity index (χ2n) is 6.06. The molecule has 1 heteroatoms. The van der Waals surface area contributed by atoms with Crippen LogP contribution in [-0.2, 0) is 6.42 Å². The van der Waals surface area contributed by atoms with E-state index in [-0.39, 0.29) is 0 Å². The molecule has 0 aliphatic rings. The van der Waals surface area contributed by atoms with E-state index in [1.165, 1.54) is 74.3 Å². The molecule has 0 aliphatic carbocycles. The number of hydrogen-bond acceptors (Lipinski definition) is 1. The van der Waals surface area contributed by atoms with Gasteiger partial charge >= 0.3 is 0 Å². The predicted octanol–water partition coefficient (Wildman–Crippen LogP) is 6.31. The number of unbranched alkanes of at least 4 members (excludes halogenated alkanes) is 8. The first-order valence-electron chi connectivity index (χ1n) is 8.74. The summed E-state index contributed by atoms with van der Waals surface area (Å²) in [6.45, 7) is 2.28. The third kappa shape index (κ3) is 5.49. The Morgan fingerprint density at radius 1 is 0.762 bits per heavy atom. The van der Waals surface area contributed by atoms with Gasteiger partial charge in [-0.25, -0.2) is 0 Å². The molecule has 0 N–H and O–H groups in total. The van der Waals surface area contributed by atoms with Crippen molar-refractivity contribution in [2.45, 2.75) is 71.1 Å². The molecule has 1 aromatic carbocycles. The van der Waals surface area contributed by atoms with E-state index in [1.54, 1.807) is 0 Å². The van der Waals surface area contributed by atoms with Crippen LogP contribution < -0.4 is 0 Å². The smallest absolute Gasteiger partial charge is 0.0481 e.